The summed E-state index contributed by atoms with van der Waals surface area (Å²) in [5.74, 6) is 0.415. The van der Waals surface area contributed by atoms with Crippen molar-refractivity contribution < 1.29 is 9.50 Å². The summed E-state index contributed by atoms with van der Waals surface area (Å²) >= 11 is 0. The summed E-state index contributed by atoms with van der Waals surface area (Å²) in [6.45, 7) is 0. The lowest BCUT2D eigenvalue weighted by Crippen LogP contribution is -2.37. The summed E-state index contributed by atoms with van der Waals surface area (Å²) in [5, 5.41) is 13.8. The lowest BCUT2D eigenvalue weighted by atomic mass is 9.84. The largest absolute Gasteiger partial charge is 0.389 e. The molecule has 1 aliphatic carbocycles. The lowest BCUT2D eigenvalue weighted by molar-refractivity contribution is 0.179. The Morgan fingerprint density at radius 2 is 1.96 bits per heavy atom. The highest BCUT2D eigenvalue weighted by atomic mass is 19.1. The molecule has 1 aromatic carbocycles. The van der Waals surface area contributed by atoms with E-state index in [1.807, 2.05) is 18.2 Å². The number of hydrogen-bond donors (Lipinski definition) is 2. The number of nitrogens with one attached hydrogen (secondary N) is 1. The molecule has 1 aliphatic heterocycles. The van der Waals surface area contributed by atoms with E-state index in [-0.39, 0.29) is 11.9 Å². The monoisotopic (exact) mass is 323 g/mol. The van der Waals surface area contributed by atoms with E-state index in [0.29, 0.717) is 5.84 Å². The summed E-state index contributed by atoms with van der Waals surface area (Å²) < 4.78 is 13.3. The van der Waals surface area contributed by atoms with Gasteiger partial charge in [0.15, 0.2) is 5.84 Å². The zero-order valence-corrected chi connectivity index (χ0v) is 13.1. The van der Waals surface area contributed by atoms with Crippen molar-refractivity contribution in [3.63, 3.8) is 0 Å². The highest BCUT2D eigenvalue weighted by Gasteiger charge is 2.33. The van der Waals surface area contributed by atoms with Crippen LogP contribution in [0.1, 0.15) is 36.6 Å². The third-order valence-electron chi connectivity index (χ3n) is 4.53. The highest BCUT2D eigenvalue weighted by molar-refractivity contribution is 5.99. The Morgan fingerprint density at radius 1 is 1.12 bits per heavy atom. The van der Waals surface area contributed by atoms with Crippen LogP contribution in [0.15, 0.2) is 64.9 Å². The SMILES string of the molecule is OC1CCCC2=C1C(c1ccc(F)cc1)N=C(c1ccccn1)N2. The zero-order chi connectivity index (χ0) is 16.5. The summed E-state index contributed by atoms with van der Waals surface area (Å²) in [6.07, 6.45) is 3.73. The Balaban J connectivity index is 1.80. The first-order valence-corrected chi connectivity index (χ1v) is 8.15. The van der Waals surface area contributed by atoms with Gasteiger partial charge in [-0.15, -0.1) is 0 Å². The average molecular weight is 323 g/mol. The molecule has 1 aromatic heterocycles. The standard InChI is InChI=1S/C19H18FN3O/c20-13-9-7-12(8-10-13)18-17-14(5-3-6-16(17)24)22-19(23-18)15-4-1-2-11-21-15/h1-2,4,7-11,16,18,24H,3,5-6H2,(H,22,23). The number of aliphatic hydroxyl groups excluding tert-OH is 1. The van der Waals surface area contributed by atoms with Crippen LogP contribution in [0, 0.1) is 5.82 Å². The molecule has 2 atom stereocenters. The number of pyridine rings is 1. The van der Waals surface area contributed by atoms with Gasteiger partial charge in [-0.1, -0.05) is 18.2 Å². The van der Waals surface area contributed by atoms with Gasteiger partial charge in [-0.05, 0) is 49.1 Å². The maximum Gasteiger partial charge on any atom is 0.152 e. The predicted molar refractivity (Wildman–Crippen MR) is 89.9 cm³/mol. The Kier molecular flexibility index (Phi) is 3.86. The van der Waals surface area contributed by atoms with Crippen LogP contribution in [0.3, 0.4) is 0 Å². The third kappa shape index (κ3) is 2.71. The number of amidine groups is 1. The minimum atomic E-state index is -0.523. The van der Waals surface area contributed by atoms with E-state index in [4.69, 9.17) is 4.99 Å². The van der Waals surface area contributed by atoms with Gasteiger partial charge in [-0.2, -0.15) is 0 Å². The molecule has 0 fully saturated rings. The van der Waals surface area contributed by atoms with Crippen LogP contribution < -0.4 is 5.32 Å². The molecule has 24 heavy (non-hydrogen) atoms. The molecule has 2 heterocycles. The fourth-order valence-corrected chi connectivity index (χ4v) is 3.36. The molecule has 4 rings (SSSR count). The second-order valence-electron chi connectivity index (χ2n) is 6.11. The Labute approximate surface area is 139 Å². The fourth-order valence-electron chi connectivity index (χ4n) is 3.36. The van der Waals surface area contributed by atoms with Gasteiger partial charge in [-0.25, -0.2) is 4.39 Å². The molecule has 0 spiro atoms. The number of aromatic nitrogens is 1. The molecule has 4 nitrogen and oxygen atoms in total. The Hall–Kier alpha value is -2.53. The van der Waals surface area contributed by atoms with Gasteiger partial charge in [0.05, 0.1) is 6.10 Å². The first-order valence-electron chi connectivity index (χ1n) is 8.15. The number of allylic oxidation sites excluding steroid dienone is 1. The molecular formula is C19H18FN3O. The molecule has 2 aromatic rings. The fraction of sp³-hybridized carbons (Fsp3) is 0.263. The first-order chi connectivity index (χ1) is 11.7. The van der Waals surface area contributed by atoms with Crippen molar-refractivity contribution >= 4 is 5.84 Å². The van der Waals surface area contributed by atoms with Gasteiger partial charge in [0.2, 0.25) is 0 Å². The quantitative estimate of drug-likeness (QED) is 0.893. The summed E-state index contributed by atoms with van der Waals surface area (Å²) in [4.78, 5) is 9.15. The van der Waals surface area contributed by atoms with Crippen molar-refractivity contribution in [1.29, 1.82) is 0 Å². The van der Waals surface area contributed by atoms with Gasteiger partial charge >= 0.3 is 0 Å². The topological polar surface area (TPSA) is 57.5 Å². The Morgan fingerprint density at radius 3 is 2.71 bits per heavy atom. The molecule has 0 saturated carbocycles. The van der Waals surface area contributed by atoms with Gasteiger partial charge in [-0.3, -0.25) is 9.98 Å². The molecule has 2 N–H and O–H groups in total. The maximum absolute atomic E-state index is 13.3. The van der Waals surface area contributed by atoms with E-state index >= 15 is 0 Å². The second-order valence-corrected chi connectivity index (χ2v) is 6.11. The summed E-state index contributed by atoms with van der Waals surface area (Å²) in [7, 11) is 0. The molecule has 0 saturated heterocycles. The van der Waals surface area contributed by atoms with Crippen LogP contribution in [-0.2, 0) is 0 Å². The predicted octanol–water partition coefficient (Wildman–Crippen LogP) is 3.11. The van der Waals surface area contributed by atoms with Gasteiger partial charge in [0.25, 0.3) is 0 Å². The molecule has 0 amide bonds. The Bertz CT molecular complexity index is 799. The van der Waals surface area contributed by atoms with Crippen molar-refractivity contribution in [2.24, 2.45) is 4.99 Å². The van der Waals surface area contributed by atoms with Gasteiger partial charge in [0, 0.05) is 17.5 Å². The van der Waals surface area contributed by atoms with E-state index < -0.39 is 6.10 Å². The number of rotatable bonds is 2. The van der Waals surface area contributed by atoms with Crippen molar-refractivity contribution in [3.05, 3.63) is 77.0 Å². The van der Waals surface area contributed by atoms with Crippen LogP contribution in [0.4, 0.5) is 4.39 Å². The van der Waals surface area contributed by atoms with Crippen LogP contribution >= 0.6 is 0 Å². The molecule has 2 unspecified atom stereocenters. The molecular weight excluding hydrogens is 305 g/mol. The summed E-state index contributed by atoms with van der Waals surface area (Å²) in [6, 6.07) is 11.7. The normalized spacial score (nSPS) is 23.3. The van der Waals surface area contributed by atoms with Crippen molar-refractivity contribution in [2.75, 3.05) is 0 Å². The molecule has 0 radical (unpaired) electrons. The third-order valence-corrected chi connectivity index (χ3v) is 4.53. The number of hydrogen-bond acceptors (Lipinski definition) is 4. The van der Waals surface area contributed by atoms with Gasteiger partial charge in [0.1, 0.15) is 17.6 Å². The van der Waals surface area contributed by atoms with Crippen LogP contribution in [0.25, 0.3) is 0 Å². The van der Waals surface area contributed by atoms with E-state index in [1.54, 1.807) is 18.3 Å². The van der Waals surface area contributed by atoms with Crippen molar-refractivity contribution in [2.45, 2.75) is 31.4 Å². The lowest BCUT2D eigenvalue weighted by Gasteiger charge is -2.34. The minimum Gasteiger partial charge on any atom is -0.389 e. The van der Waals surface area contributed by atoms with E-state index in [0.717, 1.165) is 41.8 Å². The van der Waals surface area contributed by atoms with E-state index in [2.05, 4.69) is 10.3 Å². The smallest absolute Gasteiger partial charge is 0.152 e. The van der Waals surface area contributed by atoms with E-state index in [9.17, 15) is 9.50 Å². The maximum atomic E-state index is 13.3. The van der Waals surface area contributed by atoms with E-state index in [1.165, 1.54) is 12.1 Å². The van der Waals surface area contributed by atoms with Crippen LogP contribution in [-0.4, -0.2) is 22.0 Å². The zero-order valence-electron chi connectivity index (χ0n) is 13.1. The van der Waals surface area contributed by atoms with Crippen LogP contribution in [0.5, 0.6) is 0 Å². The highest BCUT2D eigenvalue weighted by Crippen LogP contribution is 2.38. The molecule has 0 bridgehead atoms. The van der Waals surface area contributed by atoms with Crippen molar-refractivity contribution in [3.8, 4) is 0 Å². The summed E-state index contributed by atoms with van der Waals surface area (Å²) in [5.41, 5.74) is 3.54. The second kappa shape index (κ2) is 6.17. The van der Waals surface area contributed by atoms with Gasteiger partial charge < -0.3 is 10.4 Å². The number of aliphatic imine (C=N–C) groups is 1. The minimum absolute atomic E-state index is 0.278. The molecule has 122 valence electrons. The molecule has 2 aliphatic rings. The van der Waals surface area contributed by atoms with Crippen molar-refractivity contribution in [1.82, 2.24) is 10.3 Å². The number of nitrogens with zero attached hydrogens (tertiary/aromatic N) is 2. The molecule has 5 heteroatoms. The number of halogens is 1. The first kappa shape index (κ1) is 15.0. The average Bonchev–Trinajstić information content (AvgIpc) is 2.62. The van der Waals surface area contributed by atoms with Crippen LogP contribution in [0.2, 0.25) is 0 Å². The number of aliphatic hydroxyl groups is 1. The number of benzene rings is 1.